The van der Waals surface area contributed by atoms with E-state index >= 15 is 0 Å². The Kier molecular flexibility index (Phi) is 1.65. The second-order valence-electron chi connectivity index (χ2n) is 2.62. The maximum absolute atomic E-state index is 10.9. The highest BCUT2D eigenvalue weighted by molar-refractivity contribution is 5.96. The van der Waals surface area contributed by atoms with Crippen LogP contribution in [0.5, 0.6) is 0 Å². The molecule has 2 atom stereocenters. The van der Waals surface area contributed by atoms with Gasteiger partial charge in [-0.05, 0) is 12.8 Å². The molecule has 2 nitrogen and oxygen atoms in total. The van der Waals surface area contributed by atoms with Gasteiger partial charge in [-0.3, -0.25) is 4.79 Å². The first kappa shape index (κ1) is 6.46. The molecule has 0 aromatic carbocycles. The van der Waals surface area contributed by atoms with Crippen molar-refractivity contribution in [3.05, 3.63) is 0 Å². The van der Waals surface area contributed by atoms with E-state index in [1.165, 1.54) is 0 Å². The van der Waals surface area contributed by atoms with Gasteiger partial charge in [0, 0.05) is 5.92 Å². The van der Waals surface area contributed by atoms with Gasteiger partial charge >= 0.3 is 0 Å². The Bertz CT molecular complexity index is 140. The van der Waals surface area contributed by atoms with Crippen molar-refractivity contribution in [3.63, 3.8) is 0 Å². The summed E-state index contributed by atoms with van der Waals surface area (Å²) in [7, 11) is 0. The third kappa shape index (κ3) is 1.02. The zero-order chi connectivity index (χ0) is 6.85. The Labute approximate surface area is 54.2 Å². The number of hydrogen-bond donors (Lipinski definition) is 0. The predicted molar refractivity (Wildman–Crippen MR) is 33.0 cm³/mol. The van der Waals surface area contributed by atoms with Crippen LogP contribution in [0.1, 0.15) is 19.8 Å². The lowest BCUT2D eigenvalue weighted by molar-refractivity contribution is -0.127. The van der Waals surface area contributed by atoms with Gasteiger partial charge in [0.2, 0.25) is 0 Å². The van der Waals surface area contributed by atoms with Crippen LogP contribution < -0.4 is 0 Å². The standard InChI is InChI=1S/C7H10O2/c1-5-2-3-6(4-8)7(5)9/h4-6H,2-3H2,1H3. The summed E-state index contributed by atoms with van der Waals surface area (Å²) in [6.07, 6.45) is 2.43. The van der Waals surface area contributed by atoms with Crippen molar-refractivity contribution in [1.82, 2.24) is 0 Å². The van der Waals surface area contributed by atoms with E-state index in [4.69, 9.17) is 0 Å². The highest BCUT2D eigenvalue weighted by Crippen LogP contribution is 2.24. The smallest absolute Gasteiger partial charge is 0.145 e. The van der Waals surface area contributed by atoms with Crippen molar-refractivity contribution in [3.8, 4) is 0 Å². The molecular weight excluding hydrogens is 116 g/mol. The average molecular weight is 126 g/mol. The van der Waals surface area contributed by atoms with Crippen LogP contribution in [0.4, 0.5) is 0 Å². The fourth-order valence-electron chi connectivity index (χ4n) is 1.21. The summed E-state index contributed by atoms with van der Waals surface area (Å²) in [5.41, 5.74) is 0. The quantitative estimate of drug-likeness (QED) is 0.384. The van der Waals surface area contributed by atoms with Gasteiger partial charge in [-0.15, -0.1) is 0 Å². The summed E-state index contributed by atoms with van der Waals surface area (Å²) in [4.78, 5) is 21.0. The molecule has 0 N–H and O–H groups in total. The summed E-state index contributed by atoms with van der Waals surface area (Å²) >= 11 is 0. The molecule has 1 saturated carbocycles. The van der Waals surface area contributed by atoms with Crippen LogP contribution in [0.15, 0.2) is 0 Å². The number of aldehydes is 1. The van der Waals surface area contributed by atoms with E-state index in [9.17, 15) is 9.59 Å². The van der Waals surface area contributed by atoms with Gasteiger partial charge in [-0.25, -0.2) is 0 Å². The molecule has 1 fully saturated rings. The molecule has 0 spiro atoms. The van der Waals surface area contributed by atoms with Crippen molar-refractivity contribution in [2.24, 2.45) is 11.8 Å². The fraction of sp³-hybridized carbons (Fsp3) is 0.714. The summed E-state index contributed by atoms with van der Waals surface area (Å²) < 4.78 is 0. The zero-order valence-electron chi connectivity index (χ0n) is 5.46. The molecule has 0 aromatic heterocycles. The minimum absolute atomic E-state index is 0.125. The minimum atomic E-state index is -0.278. The topological polar surface area (TPSA) is 34.1 Å². The Morgan fingerprint density at radius 1 is 1.56 bits per heavy atom. The maximum atomic E-state index is 10.9. The Hall–Kier alpha value is -0.660. The van der Waals surface area contributed by atoms with Crippen molar-refractivity contribution >= 4 is 12.1 Å². The number of Topliss-reactive ketones (excluding diaryl/α,β-unsaturated/α-hetero) is 1. The molecule has 2 unspecified atom stereocenters. The van der Waals surface area contributed by atoms with Gasteiger partial charge in [0.1, 0.15) is 12.1 Å². The van der Waals surface area contributed by atoms with Crippen molar-refractivity contribution in [1.29, 1.82) is 0 Å². The van der Waals surface area contributed by atoms with E-state index in [2.05, 4.69) is 0 Å². The van der Waals surface area contributed by atoms with Gasteiger partial charge < -0.3 is 4.79 Å². The van der Waals surface area contributed by atoms with Crippen molar-refractivity contribution < 1.29 is 9.59 Å². The molecule has 0 radical (unpaired) electrons. The van der Waals surface area contributed by atoms with E-state index < -0.39 is 0 Å². The van der Waals surface area contributed by atoms with Crippen LogP contribution in [-0.2, 0) is 9.59 Å². The van der Waals surface area contributed by atoms with Crippen molar-refractivity contribution in [2.75, 3.05) is 0 Å². The number of rotatable bonds is 1. The van der Waals surface area contributed by atoms with E-state index in [-0.39, 0.29) is 17.6 Å². The second kappa shape index (κ2) is 2.29. The molecule has 0 amide bonds. The largest absolute Gasteiger partial charge is 0.303 e. The number of carbonyl (C=O) groups excluding carboxylic acids is 2. The molecule has 2 heteroatoms. The molecule has 50 valence electrons. The molecule has 1 aliphatic carbocycles. The van der Waals surface area contributed by atoms with Gasteiger partial charge in [-0.2, -0.15) is 0 Å². The highest BCUT2D eigenvalue weighted by atomic mass is 16.1. The lowest BCUT2D eigenvalue weighted by Gasteiger charge is -1.95. The Balaban J connectivity index is 2.61. The summed E-state index contributed by atoms with van der Waals surface area (Å²) in [5.74, 6) is -0.0230. The first-order valence-corrected chi connectivity index (χ1v) is 3.24. The SMILES string of the molecule is CC1CCC(C=O)C1=O. The summed E-state index contributed by atoms with van der Waals surface area (Å²) in [6.45, 7) is 1.88. The molecule has 0 aliphatic heterocycles. The van der Waals surface area contributed by atoms with Gasteiger partial charge in [0.15, 0.2) is 0 Å². The van der Waals surface area contributed by atoms with Crippen LogP contribution >= 0.6 is 0 Å². The normalized spacial score (nSPS) is 35.0. The molecule has 0 saturated heterocycles. The van der Waals surface area contributed by atoms with Crippen LogP contribution in [0.3, 0.4) is 0 Å². The van der Waals surface area contributed by atoms with Crippen molar-refractivity contribution in [2.45, 2.75) is 19.8 Å². The average Bonchev–Trinajstić information content (AvgIpc) is 2.15. The monoisotopic (exact) mass is 126 g/mol. The van der Waals surface area contributed by atoms with E-state index in [0.29, 0.717) is 0 Å². The molecule has 9 heavy (non-hydrogen) atoms. The van der Waals surface area contributed by atoms with Gasteiger partial charge in [-0.1, -0.05) is 6.92 Å². The first-order chi connectivity index (χ1) is 4.25. The molecule has 0 heterocycles. The minimum Gasteiger partial charge on any atom is -0.303 e. The first-order valence-electron chi connectivity index (χ1n) is 3.24. The van der Waals surface area contributed by atoms with E-state index in [0.717, 1.165) is 19.1 Å². The lowest BCUT2D eigenvalue weighted by atomic mass is 10.1. The third-order valence-corrected chi connectivity index (χ3v) is 1.93. The van der Waals surface area contributed by atoms with Crippen LogP contribution in [0.25, 0.3) is 0 Å². The molecule has 0 aromatic rings. The van der Waals surface area contributed by atoms with E-state index in [1.807, 2.05) is 6.92 Å². The van der Waals surface area contributed by atoms with Gasteiger partial charge in [0.05, 0.1) is 5.92 Å². The summed E-state index contributed by atoms with van der Waals surface area (Å²) in [6, 6.07) is 0. The Morgan fingerprint density at radius 2 is 2.22 bits per heavy atom. The number of ketones is 1. The molecule has 0 bridgehead atoms. The Morgan fingerprint density at radius 3 is 2.44 bits per heavy atom. The van der Waals surface area contributed by atoms with Crippen LogP contribution in [-0.4, -0.2) is 12.1 Å². The number of carbonyl (C=O) groups is 2. The van der Waals surface area contributed by atoms with Gasteiger partial charge in [0.25, 0.3) is 0 Å². The molecule has 1 aliphatic rings. The van der Waals surface area contributed by atoms with Crippen LogP contribution in [0, 0.1) is 11.8 Å². The zero-order valence-corrected chi connectivity index (χ0v) is 5.46. The van der Waals surface area contributed by atoms with Crippen LogP contribution in [0.2, 0.25) is 0 Å². The predicted octanol–water partition coefficient (Wildman–Crippen LogP) is 0.800. The molecular formula is C7H10O2. The highest BCUT2D eigenvalue weighted by Gasteiger charge is 2.30. The summed E-state index contributed by atoms with van der Waals surface area (Å²) in [5, 5.41) is 0. The lowest BCUT2D eigenvalue weighted by Crippen LogP contribution is -2.12. The third-order valence-electron chi connectivity index (χ3n) is 1.93. The second-order valence-corrected chi connectivity index (χ2v) is 2.62. The fourth-order valence-corrected chi connectivity index (χ4v) is 1.21. The number of hydrogen-bond acceptors (Lipinski definition) is 2. The maximum Gasteiger partial charge on any atom is 0.145 e. The van der Waals surface area contributed by atoms with E-state index in [1.54, 1.807) is 0 Å². The molecule has 1 rings (SSSR count).